The number of amides is 2. The molecule has 0 unspecified atom stereocenters. The van der Waals surface area contributed by atoms with Crippen LogP contribution < -0.4 is 0 Å². The fraction of sp³-hybridized carbons (Fsp3) is 0.875. The van der Waals surface area contributed by atoms with Crippen LogP contribution in [0.2, 0.25) is 0 Å². The molecular weight excluding hydrogens is 140 g/mol. The summed E-state index contributed by atoms with van der Waals surface area (Å²) >= 11 is 0. The molecule has 1 aliphatic rings. The highest BCUT2D eigenvalue weighted by Gasteiger charge is 2.25. The Morgan fingerprint density at radius 3 is 2.36 bits per heavy atom. The Labute approximate surface area is 68.0 Å². The topological polar surface area (TPSA) is 23.6 Å². The van der Waals surface area contributed by atoms with E-state index in [1.54, 1.807) is 0 Å². The number of nitrogens with zero attached hydrogens (tertiary/aromatic N) is 2. The summed E-state index contributed by atoms with van der Waals surface area (Å²) in [5.41, 5.74) is 0. The number of urea groups is 1. The molecule has 0 atom stereocenters. The number of likely N-dealkylation sites (N-methyl/N-ethyl adjacent to an activating group) is 1. The van der Waals surface area contributed by atoms with Crippen LogP contribution in [-0.4, -0.2) is 42.0 Å². The molecule has 0 aliphatic carbocycles. The van der Waals surface area contributed by atoms with Crippen LogP contribution in [0.15, 0.2) is 0 Å². The van der Waals surface area contributed by atoms with Crippen molar-refractivity contribution in [1.82, 2.24) is 9.80 Å². The molecule has 0 bridgehead atoms. The van der Waals surface area contributed by atoms with Crippen LogP contribution in [0.4, 0.5) is 4.79 Å². The average Bonchev–Trinajstić information content (AvgIpc) is 2.34. The number of hydrogen-bond acceptors (Lipinski definition) is 1. The van der Waals surface area contributed by atoms with Crippen molar-refractivity contribution in [3.63, 3.8) is 0 Å². The van der Waals surface area contributed by atoms with Gasteiger partial charge in [0.2, 0.25) is 0 Å². The maximum Gasteiger partial charge on any atom is 0.320 e. The molecule has 1 saturated heterocycles. The minimum absolute atomic E-state index is 0.217. The van der Waals surface area contributed by atoms with Crippen molar-refractivity contribution >= 4 is 6.03 Å². The molecule has 0 aromatic heterocycles. The normalized spacial score (nSPS) is 18.2. The third-order valence-electron chi connectivity index (χ3n) is 2.06. The second kappa shape index (κ2) is 3.60. The SMILES string of the molecule is CCCN1CCN(CC)C1=O. The first-order chi connectivity index (χ1) is 5.29. The molecule has 11 heavy (non-hydrogen) atoms. The van der Waals surface area contributed by atoms with E-state index in [0.717, 1.165) is 32.6 Å². The fourth-order valence-electron chi connectivity index (χ4n) is 1.40. The zero-order chi connectivity index (χ0) is 8.27. The second-order valence-corrected chi connectivity index (χ2v) is 2.85. The molecule has 1 aliphatic heterocycles. The molecular formula is C8H16N2O. The van der Waals surface area contributed by atoms with Crippen LogP contribution in [0.3, 0.4) is 0 Å². The van der Waals surface area contributed by atoms with Gasteiger partial charge in [-0.3, -0.25) is 0 Å². The number of hydrogen-bond donors (Lipinski definition) is 0. The zero-order valence-corrected chi connectivity index (χ0v) is 7.34. The Bertz CT molecular complexity index is 147. The lowest BCUT2D eigenvalue weighted by Crippen LogP contribution is -2.32. The molecule has 0 N–H and O–H groups in total. The van der Waals surface area contributed by atoms with Gasteiger partial charge in [0.25, 0.3) is 0 Å². The van der Waals surface area contributed by atoms with Crippen LogP contribution in [-0.2, 0) is 0 Å². The molecule has 3 heteroatoms. The van der Waals surface area contributed by atoms with Gasteiger partial charge in [0.05, 0.1) is 0 Å². The highest BCUT2D eigenvalue weighted by atomic mass is 16.2. The molecule has 0 saturated carbocycles. The third-order valence-corrected chi connectivity index (χ3v) is 2.06. The van der Waals surface area contributed by atoms with Crippen molar-refractivity contribution in [2.75, 3.05) is 26.2 Å². The predicted octanol–water partition coefficient (Wildman–Crippen LogP) is 1.15. The predicted molar refractivity (Wildman–Crippen MR) is 44.5 cm³/mol. The highest BCUT2D eigenvalue weighted by Crippen LogP contribution is 2.07. The van der Waals surface area contributed by atoms with Gasteiger partial charge < -0.3 is 9.80 Å². The van der Waals surface area contributed by atoms with E-state index in [2.05, 4.69) is 6.92 Å². The molecule has 0 spiro atoms. The quantitative estimate of drug-likeness (QED) is 0.601. The van der Waals surface area contributed by atoms with E-state index in [-0.39, 0.29) is 6.03 Å². The van der Waals surface area contributed by atoms with Gasteiger partial charge in [-0.1, -0.05) is 6.92 Å². The van der Waals surface area contributed by atoms with Gasteiger partial charge >= 0.3 is 6.03 Å². The van der Waals surface area contributed by atoms with Crippen LogP contribution in [0.5, 0.6) is 0 Å². The summed E-state index contributed by atoms with van der Waals surface area (Å²) in [6.07, 6.45) is 1.06. The summed E-state index contributed by atoms with van der Waals surface area (Å²) in [6, 6.07) is 0.217. The fourth-order valence-corrected chi connectivity index (χ4v) is 1.40. The number of rotatable bonds is 3. The first-order valence-corrected chi connectivity index (χ1v) is 4.33. The van der Waals surface area contributed by atoms with Crippen molar-refractivity contribution in [3.8, 4) is 0 Å². The molecule has 0 aromatic carbocycles. The van der Waals surface area contributed by atoms with Gasteiger partial charge in [-0.15, -0.1) is 0 Å². The van der Waals surface area contributed by atoms with Crippen molar-refractivity contribution in [3.05, 3.63) is 0 Å². The largest absolute Gasteiger partial charge is 0.323 e. The van der Waals surface area contributed by atoms with Crippen molar-refractivity contribution in [2.24, 2.45) is 0 Å². The van der Waals surface area contributed by atoms with E-state index in [1.165, 1.54) is 0 Å². The molecule has 1 heterocycles. The summed E-state index contributed by atoms with van der Waals surface area (Å²) in [7, 11) is 0. The second-order valence-electron chi connectivity index (χ2n) is 2.85. The average molecular weight is 156 g/mol. The van der Waals surface area contributed by atoms with Crippen molar-refractivity contribution in [2.45, 2.75) is 20.3 Å². The maximum absolute atomic E-state index is 11.4. The maximum atomic E-state index is 11.4. The highest BCUT2D eigenvalue weighted by molar-refractivity contribution is 5.76. The van der Waals surface area contributed by atoms with Crippen LogP contribution in [0, 0.1) is 0 Å². The van der Waals surface area contributed by atoms with Gasteiger partial charge in [-0.05, 0) is 13.3 Å². The molecule has 1 rings (SSSR count). The molecule has 1 fully saturated rings. The Balaban J connectivity index is 2.42. The Morgan fingerprint density at radius 2 is 1.91 bits per heavy atom. The summed E-state index contributed by atoms with van der Waals surface area (Å²) < 4.78 is 0. The van der Waals surface area contributed by atoms with E-state index in [9.17, 15) is 4.79 Å². The monoisotopic (exact) mass is 156 g/mol. The smallest absolute Gasteiger partial charge is 0.320 e. The Morgan fingerprint density at radius 1 is 1.27 bits per heavy atom. The van der Waals surface area contributed by atoms with Crippen LogP contribution >= 0.6 is 0 Å². The van der Waals surface area contributed by atoms with Gasteiger partial charge in [-0.25, -0.2) is 4.79 Å². The summed E-state index contributed by atoms with van der Waals surface area (Å²) in [5, 5.41) is 0. The van der Waals surface area contributed by atoms with Gasteiger partial charge in [0.1, 0.15) is 0 Å². The lowest BCUT2D eigenvalue weighted by atomic mass is 10.4. The lowest BCUT2D eigenvalue weighted by molar-refractivity contribution is 0.194. The number of carbonyl (C=O) groups excluding carboxylic acids is 1. The van der Waals surface area contributed by atoms with Crippen molar-refractivity contribution < 1.29 is 4.79 Å². The summed E-state index contributed by atoms with van der Waals surface area (Å²) in [4.78, 5) is 15.2. The third kappa shape index (κ3) is 1.64. The van der Waals surface area contributed by atoms with E-state index in [4.69, 9.17) is 0 Å². The molecule has 2 amide bonds. The van der Waals surface area contributed by atoms with Gasteiger partial charge in [0, 0.05) is 26.2 Å². The van der Waals surface area contributed by atoms with Gasteiger partial charge in [0.15, 0.2) is 0 Å². The summed E-state index contributed by atoms with van der Waals surface area (Å²) in [5.74, 6) is 0. The lowest BCUT2D eigenvalue weighted by Gasteiger charge is -2.15. The van der Waals surface area contributed by atoms with Gasteiger partial charge in [-0.2, -0.15) is 0 Å². The first kappa shape index (κ1) is 8.37. The van der Waals surface area contributed by atoms with Crippen molar-refractivity contribution in [1.29, 1.82) is 0 Å². The number of carbonyl (C=O) groups is 1. The molecule has 0 aromatic rings. The van der Waals surface area contributed by atoms with E-state index >= 15 is 0 Å². The zero-order valence-electron chi connectivity index (χ0n) is 7.34. The molecule has 0 radical (unpaired) electrons. The molecule has 64 valence electrons. The summed E-state index contributed by atoms with van der Waals surface area (Å²) in [6.45, 7) is 7.71. The van der Waals surface area contributed by atoms with Crippen LogP contribution in [0.1, 0.15) is 20.3 Å². The van der Waals surface area contributed by atoms with E-state index < -0.39 is 0 Å². The Kier molecular flexibility index (Phi) is 2.74. The standard InChI is InChI=1S/C8H16N2O/c1-3-5-10-7-6-9(4-2)8(10)11/h3-7H2,1-2H3. The van der Waals surface area contributed by atoms with E-state index in [1.807, 2.05) is 16.7 Å². The Hall–Kier alpha value is -0.730. The van der Waals surface area contributed by atoms with Crippen LogP contribution in [0.25, 0.3) is 0 Å². The minimum Gasteiger partial charge on any atom is -0.323 e. The van der Waals surface area contributed by atoms with E-state index in [0.29, 0.717) is 0 Å². The molecule has 3 nitrogen and oxygen atoms in total. The first-order valence-electron chi connectivity index (χ1n) is 4.33. The minimum atomic E-state index is 0.217.